The summed E-state index contributed by atoms with van der Waals surface area (Å²) in [7, 11) is -4.96. The Kier molecular flexibility index (Phi) is 11.3. The fraction of sp³-hybridized carbons (Fsp3) is 0. The number of phosphoric ester groups is 1. The number of benzene rings is 9. The summed E-state index contributed by atoms with van der Waals surface area (Å²) in [6, 6.07) is 60.5. The summed E-state index contributed by atoms with van der Waals surface area (Å²) in [4.78, 5) is 0. The highest BCUT2D eigenvalue weighted by atomic mass is 31.2. The van der Waals surface area contributed by atoms with Gasteiger partial charge in [0.15, 0.2) is 0 Å². The molecule has 320 valence electrons. The molecule has 0 atom stereocenters. The predicted molar refractivity (Wildman–Crippen MR) is 268 cm³/mol. The molecule has 0 aliphatic rings. The van der Waals surface area contributed by atoms with E-state index in [1.54, 1.807) is 54.6 Å². The van der Waals surface area contributed by atoms with Crippen LogP contribution in [0.1, 0.15) is 0 Å². The minimum Gasteiger partial charge on any atom is -0.398 e. The zero-order valence-electron chi connectivity index (χ0n) is 35.1. The maximum Gasteiger partial charge on any atom is 0.647 e. The van der Waals surface area contributed by atoms with Gasteiger partial charge in [-0.3, -0.25) is 0 Å². The molecule has 9 aromatic carbocycles. The number of hydrogen-bond donors (Lipinski definition) is 6. The molecular formula is C54H45N6O4P. The molecule has 12 N–H and O–H groups in total. The van der Waals surface area contributed by atoms with Crippen LogP contribution in [0.5, 0.6) is 17.2 Å². The van der Waals surface area contributed by atoms with Crippen LogP contribution < -0.4 is 48.0 Å². The third-order valence-electron chi connectivity index (χ3n) is 11.2. The fourth-order valence-electron chi connectivity index (χ4n) is 8.15. The molecule has 0 fully saturated rings. The lowest BCUT2D eigenvalue weighted by Gasteiger charge is -2.26. The minimum absolute atomic E-state index is 0.139. The maximum absolute atomic E-state index is 16.4. The lowest BCUT2D eigenvalue weighted by atomic mass is 9.92. The lowest BCUT2D eigenvalue weighted by molar-refractivity contribution is 0.300. The number of rotatable bonds is 12. The van der Waals surface area contributed by atoms with Crippen molar-refractivity contribution in [3.05, 3.63) is 200 Å². The smallest absolute Gasteiger partial charge is 0.398 e. The highest BCUT2D eigenvalue weighted by Gasteiger charge is 2.38. The summed E-state index contributed by atoms with van der Waals surface area (Å²) in [6.07, 6.45) is 0. The van der Waals surface area contributed by atoms with Crippen molar-refractivity contribution in [3.8, 4) is 84.0 Å². The molecule has 0 aliphatic heterocycles. The molecule has 0 saturated heterocycles. The molecule has 0 aromatic heterocycles. The summed E-state index contributed by atoms with van der Waals surface area (Å²) < 4.78 is 36.9. The van der Waals surface area contributed by atoms with E-state index in [0.717, 1.165) is 0 Å². The van der Waals surface area contributed by atoms with Gasteiger partial charge in [0.05, 0.1) is 0 Å². The molecule has 0 spiro atoms. The van der Waals surface area contributed by atoms with E-state index in [1.165, 1.54) is 0 Å². The van der Waals surface area contributed by atoms with Crippen LogP contribution in [-0.2, 0) is 4.57 Å². The van der Waals surface area contributed by atoms with Crippen molar-refractivity contribution < 1.29 is 18.1 Å². The van der Waals surface area contributed by atoms with Crippen molar-refractivity contribution in [2.45, 2.75) is 0 Å². The molecule has 0 unspecified atom stereocenters. The van der Waals surface area contributed by atoms with Crippen LogP contribution in [0.4, 0.5) is 34.1 Å². The first-order valence-corrected chi connectivity index (χ1v) is 22.2. The molecule has 0 heterocycles. The van der Waals surface area contributed by atoms with Crippen LogP contribution in [0.25, 0.3) is 66.8 Å². The highest BCUT2D eigenvalue weighted by Crippen LogP contribution is 2.58. The van der Waals surface area contributed by atoms with Gasteiger partial charge in [0.2, 0.25) is 0 Å². The standard InChI is InChI=1S/C54H45N6O4P/c55-43-25-7-1-16-34(43)37-22-13-31-49(52(37)40-19-4-10-28-46(40)58)62-65(61,63-50-32-14-23-38(35-17-2-8-26-44(35)56)53(50)41-20-5-11-29-47(41)59)64-51-33-15-24-39(36-18-3-9-27-45(36)57)54(51)42-21-6-12-30-48(42)60/h1-33H,55-60H2. The van der Waals surface area contributed by atoms with Crippen molar-refractivity contribution in [1.82, 2.24) is 0 Å². The average molecular weight is 873 g/mol. The van der Waals surface area contributed by atoms with E-state index in [-0.39, 0.29) is 17.2 Å². The van der Waals surface area contributed by atoms with Crippen molar-refractivity contribution in [2.24, 2.45) is 0 Å². The summed E-state index contributed by atoms with van der Waals surface area (Å²) in [5.74, 6) is 0.418. The van der Waals surface area contributed by atoms with Crippen LogP contribution in [0, 0.1) is 0 Å². The summed E-state index contributed by atoms with van der Waals surface area (Å²) >= 11 is 0. The van der Waals surface area contributed by atoms with E-state index in [9.17, 15) is 0 Å². The average Bonchev–Trinajstić information content (AvgIpc) is 3.30. The Balaban J connectivity index is 1.31. The Morgan fingerprint density at radius 3 is 0.677 bits per heavy atom. The van der Waals surface area contributed by atoms with E-state index in [1.807, 2.05) is 146 Å². The molecule has 0 aliphatic carbocycles. The largest absolute Gasteiger partial charge is 0.647 e. The quantitative estimate of drug-likeness (QED) is 0.0507. The number of nitrogen functional groups attached to an aromatic ring is 6. The predicted octanol–water partition coefficient (Wildman–Crippen LogP) is 12.8. The normalized spacial score (nSPS) is 11.2. The number of para-hydroxylation sites is 6. The first kappa shape index (κ1) is 41.7. The lowest BCUT2D eigenvalue weighted by Crippen LogP contribution is -2.11. The number of nitrogens with two attached hydrogens (primary N) is 6. The zero-order valence-corrected chi connectivity index (χ0v) is 36.0. The second kappa shape index (κ2) is 17.6. The van der Waals surface area contributed by atoms with Gasteiger partial charge < -0.3 is 48.0 Å². The minimum atomic E-state index is -4.96. The Morgan fingerprint density at radius 2 is 0.446 bits per heavy atom. The second-order valence-electron chi connectivity index (χ2n) is 15.3. The van der Waals surface area contributed by atoms with E-state index >= 15 is 4.57 Å². The van der Waals surface area contributed by atoms with Gasteiger partial charge in [0.1, 0.15) is 17.2 Å². The van der Waals surface area contributed by atoms with Gasteiger partial charge >= 0.3 is 7.82 Å². The third-order valence-corrected chi connectivity index (χ3v) is 12.4. The molecular weight excluding hydrogens is 828 g/mol. The molecule has 0 bridgehead atoms. The first-order valence-electron chi connectivity index (χ1n) is 20.8. The summed E-state index contributed by atoms with van der Waals surface area (Å²) in [5, 5.41) is 0. The fourth-order valence-corrected chi connectivity index (χ4v) is 9.44. The van der Waals surface area contributed by atoms with Gasteiger partial charge in [-0.2, -0.15) is 4.57 Å². The zero-order chi connectivity index (χ0) is 45.1. The third kappa shape index (κ3) is 8.25. The Labute approximate surface area is 377 Å². The summed E-state index contributed by atoms with van der Waals surface area (Å²) in [5.41, 5.74) is 50.4. The van der Waals surface area contributed by atoms with E-state index < -0.39 is 7.82 Å². The summed E-state index contributed by atoms with van der Waals surface area (Å²) in [6.45, 7) is 0. The molecule has 9 rings (SSSR count). The maximum atomic E-state index is 16.4. The van der Waals surface area contributed by atoms with Gasteiger partial charge in [-0.25, -0.2) is 0 Å². The molecule has 10 nitrogen and oxygen atoms in total. The number of anilines is 6. The molecule has 11 heteroatoms. The number of phosphoric acid groups is 1. The van der Waals surface area contributed by atoms with Crippen molar-refractivity contribution >= 4 is 41.9 Å². The molecule has 65 heavy (non-hydrogen) atoms. The molecule has 0 radical (unpaired) electrons. The Morgan fingerprint density at radius 1 is 0.246 bits per heavy atom. The van der Waals surface area contributed by atoms with Gasteiger partial charge in [0, 0.05) is 84.2 Å². The monoisotopic (exact) mass is 872 g/mol. The van der Waals surface area contributed by atoms with Crippen molar-refractivity contribution in [1.29, 1.82) is 0 Å². The Bertz CT molecular complexity index is 2940. The van der Waals surface area contributed by atoms with Crippen molar-refractivity contribution in [3.63, 3.8) is 0 Å². The van der Waals surface area contributed by atoms with Crippen molar-refractivity contribution in [2.75, 3.05) is 34.4 Å². The van der Waals surface area contributed by atoms with E-state index in [0.29, 0.717) is 101 Å². The van der Waals surface area contributed by atoms with Gasteiger partial charge in [0.25, 0.3) is 0 Å². The van der Waals surface area contributed by atoms with Crippen LogP contribution >= 0.6 is 7.82 Å². The van der Waals surface area contributed by atoms with Crippen LogP contribution in [0.2, 0.25) is 0 Å². The van der Waals surface area contributed by atoms with Gasteiger partial charge in [-0.1, -0.05) is 146 Å². The number of hydrogen-bond acceptors (Lipinski definition) is 10. The van der Waals surface area contributed by atoms with E-state index in [4.69, 9.17) is 48.0 Å². The van der Waals surface area contributed by atoms with E-state index in [2.05, 4.69) is 0 Å². The highest BCUT2D eigenvalue weighted by molar-refractivity contribution is 7.49. The molecule has 0 amide bonds. The van der Waals surface area contributed by atoms with Gasteiger partial charge in [-0.15, -0.1) is 0 Å². The van der Waals surface area contributed by atoms with Crippen LogP contribution in [-0.4, -0.2) is 0 Å². The van der Waals surface area contributed by atoms with Gasteiger partial charge in [-0.05, 0) is 71.3 Å². The molecule has 9 aromatic rings. The Hall–Kier alpha value is -8.59. The topological polar surface area (TPSA) is 201 Å². The molecule has 0 saturated carbocycles. The SMILES string of the molecule is Nc1ccccc1-c1cccc(OP(=O)(Oc2cccc(-c3ccccc3N)c2-c2ccccc2N)Oc2cccc(-c3ccccc3N)c2-c2ccccc2N)c1-c1ccccc1N. The van der Waals surface area contributed by atoms with Crippen LogP contribution in [0.3, 0.4) is 0 Å². The van der Waals surface area contributed by atoms with Crippen LogP contribution in [0.15, 0.2) is 200 Å². The first-order chi connectivity index (χ1) is 31.6. The second-order valence-corrected chi connectivity index (χ2v) is 16.7.